The molecule has 5 nitrogen and oxygen atoms in total. The lowest BCUT2D eigenvalue weighted by atomic mass is 10.0. The Balaban J connectivity index is 4.24. The Labute approximate surface area is 107 Å². The third kappa shape index (κ3) is 7.23. The first-order valence-corrected chi connectivity index (χ1v) is 7.05. The molecule has 0 saturated carbocycles. The van der Waals surface area contributed by atoms with Crippen LogP contribution in [0.25, 0.3) is 0 Å². The van der Waals surface area contributed by atoms with Crippen LogP contribution < -0.4 is 11.1 Å². The molecule has 0 spiro atoms. The van der Waals surface area contributed by atoms with Crippen LogP contribution >= 0.6 is 11.8 Å². The molecular weight excluding hydrogens is 240 g/mol. The fraction of sp³-hybridized carbons (Fsp3) is 0.818. The van der Waals surface area contributed by atoms with E-state index in [9.17, 15) is 9.59 Å². The van der Waals surface area contributed by atoms with E-state index in [1.165, 1.54) is 0 Å². The van der Waals surface area contributed by atoms with Gasteiger partial charge in [0.15, 0.2) is 0 Å². The van der Waals surface area contributed by atoms with Crippen molar-refractivity contribution in [1.29, 1.82) is 0 Å². The molecule has 6 heteroatoms. The summed E-state index contributed by atoms with van der Waals surface area (Å²) < 4.78 is 0. The second-order valence-corrected chi connectivity index (χ2v) is 5.40. The number of thioether (sulfide) groups is 1. The molecule has 0 fully saturated rings. The van der Waals surface area contributed by atoms with Crippen LogP contribution in [0.5, 0.6) is 0 Å². The average Bonchev–Trinajstić information content (AvgIpc) is 2.22. The topological polar surface area (TPSA) is 92.4 Å². The van der Waals surface area contributed by atoms with Crippen molar-refractivity contribution in [3.63, 3.8) is 0 Å². The maximum Gasteiger partial charge on any atom is 0.326 e. The highest BCUT2D eigenvalue weighted by Gasteiger charge is 2.23. The third-order valence-electron chi connectivity index (χ3n) is 2.29. The number of aliphatic carboxylic acids is 1. The average molecular weight is 262 g/mol. The van der Waals surface area contributed by atoms with Crippen LogP contribution in [-0.4, -0.2) is 41.1 Å². The summed E-state index contributed by atoms with van der Waals surface area (Å²) in [6.45, 7) is 3.94. The molecule has 0 saturated heterocycles. The number of carbonyl (C=O) groups is 2. The van der Waals surface area contributed by atoms with E-state index in [1.807, 2.05) is 20.1 Å². The highest BCUT2D eigenvalue weighted by molar-refractivity contribution is 7.98. The van der Waals surface area contributed by atoms with Gasteiger partial charge >= 0.3 is 5.97 Å². The van der Waals surface area contributed by atoms with Gasteiger partial charge < -0.3 is 16.2 Å². The standard InChI is InChI=1S/C11H22N2O3S/c1-7(2)6-8(12)10(14)13-9(11(15)16)4-5-17-3/h7-9H,4-6,12H2,1-3H3,(H,13,14)(H,15,16). The summed E-state index contributed by atoms with van der Waals surface area (Å²) in [5.41, 5.74) is 5.69. The normalized spacial score (nSPS) is 14.4. The maximum absolute atomic E-state index is 11.7. The van der Waals surface area contributed by atoms with E-state index >= 15 is 0 Å². The molecule has 0 aromatic heterocycles. The summed E-state index contributed by atoms with van der Waals surface area (Å²) in [7, 11) is 0. The highest BCUT2D eigenvalue weighted by Crippen LogP contribution is 2.05. The van der Waals surface area contributed by atoms with Crippen molar-refractivity contribution in [3.05, 3.63) is 0 Å². The summed E-state index contributed by atoms with van der Waals surface area (Å²) in [5, 5.41) is 11.4. The molecule has 0 aromatic carbocycles. The van der Waals surface area contributed by atoms with Gasteiger partial charge in [0.1, 0.15) is 6.04 Å². The van der Waals surface area contributed by atoms with Crippen LogP contribution in [0, 0.1) is 5.92 Å². The maximum atomic E-state index is 11.7. The summed E-state index contributed by atoms with van der Waals surface area (Å²) in [6, 6.07) is -1.47. The first-order valence-electron chi connectivity index (χ1n) is 5.66. The van der Waals surface area contributed by atoms with Crippen LogP contribution in [-0.2, 0) is 9.59 Å². The lowest BCUT2D eigenvalue weighted by Crippen LogP contribution is -2.49. The zero-order valence-corrected chi connectivity index (χ0v) is 11.4. The highest BCUT2D eigenvalue weighted by atomic mass is 32.2. The predicted molar refractivity (Wildman–Crippen MR) is 70.0 cm³/mol. The molecule has 4 N–H and O–H groups in total. The first-order chi connectivity index (χ1) is 7.88. The quantitative estimate of drug-likeness (QED) is 0.598. The van der Waals surface area contributed by atoms with Crippen LogP contribution in [0.2, 0.25) is 0 Å². The smallest absolute Gasteiger partial charge is 0.326 e. The van der Waals surface area contributed by atoms with Crippen molar-refractivity contribution >= 4 is 23.6 Å². The van der Waals surface area contributed by atoms with Gasteiger partial charge in [-0.15, -0.1) is 0 Å². The summed E-state index contributed by atoms with van der Waals surface area (Å²) >= 11 is 1.55. The molecule has 0 aliphatic rings. The monoisotopic (exact) mass is 262 g/mol. The number of nitrogens with two attached hydrogens (primary N) is 1. The largest absolute Gasteiger partial charge is 0.480 e. The molecule has 0 radical (unpaired) electrons. The lowest BCUT2D eigenvalue weighted by molar-refractivity contribution is -0.142. The molecule has 0 bridgehead atoms. The zero-order valence-electron chi connectivity index (χ0n) is 10.6. The molecule has 2 atom stereocenters. The van der Waals surface area contributed by atoms with E-state index in [1.54, 1.807) is 11.8 Å². The Bertz CT molecular complexity index is 259. The minimum Gasteiger partial charge on any atom is -0.480 e. The van der Waals surface area contributed by atoms with Gasteiger partial charge in [-0.2, -0.15) is 11.8 Å². The summed E-state index contributed by atoms with van der Waals surface area (Å²) in [6.07, 6.45) is 2.86. The SMILES string of the molecule is CSCCC(NC(=O)C(N)CC(C)C)C(=O)O. The number of carbonyl (C=O) groups excluding carboxylic acids is 1. The molecule has 0 heterocycles. The summed E-state index contributed by atoms with van der Waals surface area (Å²) in [4.78, 5) is 22.6. The molecule has 0 aliphatic heterocycles. The number of amides is 1. The van der Waals surface area contributed by atoms with Crippen molar-refractivity contribution in [2.75, 3.05) is 12.0 Å². The molecule has 100 valence electrons. The number of hydrogen-bond donors (Lipinski definition) is 3. The van der Waals surface area contributed by atoms with Crippen LogP contribution in [0.3, 0.4) is 0 Å². The van der Waals surface area contributed by atoms with Crippen molar-refractivity contribution in [2.24, 2.45) is 11.7 Å². The van der Waals surface area contributed by atoms with E-state index in [0.29, 0.717) is 24.5 Å². The van der Waals surface area contributed by atoms with Crippen molar-refractivity contribution < 1.29 is 14.7 Å². The van der Waals surface area contributed by atoms with Crippen LogP contribution in [0.15, 0.2) is 0 Å². The van der Waals surface area contributed by atoms with Gasteiger partial charge in [0.25, 0.3) is 0 Å². The van der Waals surface area contributed by atoms with Gasteiger partial charge in [-0.3, -0.25) is 4.79 Å². The van der Waals surface area contributed by atoms with E-state index in [-0.39, 0.29) is 5.91 Å². The number of hydrogen-bond acceptors (Lipinski definition) is 4. The van der Waals surface area contributed by atoms with Crippen molar-refractivity contribution in [1.82, 2.24) is 5.32 Å². The Morgan fingerprint density at radius 1 is 1.41 bits per heavy atom. The van der Waals surface area contributed by atoms with Gasteiger partial charge in [-0.25, -0.2) is 4.79 Å². The molecule has 2 unspecified atom stereocenters. The first kappa shape index (κ1) is 16.2. The van der Waals surface area contributed by atoms with Gasteiger partial charge in [0.2, 0.25) is 5.91 Å². The molecule has 0 aromatic rings. The molecular formula is C11H22N2O3S. The Hall–Kier alpha value is -0.750. The fourth-order valence-corrected chi connectivity index (χ4v) is 1.86. The summed E-state index contributed by atoms with van der Waals surface area (Å²) in [5.74, 6) is -0.391. The number of rotatable bonds is 8. The Kier molecular flexibility index (Phi) is 7.99. The van der Waals surface area contributed by atoms with E-state index < -0.39 is 18.1 Å². The second kappa shape index (κ2) is 8.36. The van der Waals surface area contributed by atoms with Gasteiger partial charge in [-0.05, 0) is 30.8 Å². The Morgan fingerprint density at radius 2 is 2.00 bits per heavy atom. The zero-order chi connectivity index (χ0) is 13.4. The van der Waals surface area contributed by atoms with Gasteiger partial charge in [0, 0.05) is 0 Å². The van der Waals surface area contributed by atoms with Crippen molar-refractivity contribution in [2.45, 2.75) is 38.8 Å². The number of carboxylic acids is 1. The van der Waals surface area contributed by atoms with Gasteiger partial charge in [-0.1, -0.05) is 13.8 Å². The molecule has 0 rings (SSSR count). The van der Waals surface area contributed by atoms with Crippen LogP contribution in [0.1, 0.15) is 26.7 Å². The van der Waals surface area contributed by atoms with E-state index in [2.05, 4.69) is 5.32 Å². The van der Waals surface area contributed by atoms with Crippen LogP contribution in [0.4, 0.5) is 0 Å². The van der Waals surface area contributed by atoms with Gasteiger partial charge in [0.05, 0.1) is 6.04 Å². The number of carboxylic acid groups (broad SMARTS) is 1. The molecule has 17 heavy (non-hydrogen) atoms. The van der Waals surface area contributed by atoms with E-state index in [0.717, 1.165) is 0 Å². The van der Waals surface area contributed by atoms with Crippen molar-refractivity contribution in [3.8, 4) is 0 Å². The molecule has 1 amide bonds. The minimum atomic E-state index is -1.01. The fourth-order valence-electron chi connectivity index (χ4n) is 1.39. The minimum absolute atomic E-state index is 0.310. The molecule has 0 aliphatic carbocycles. The third-order valence-corrected chi connectivity index (χ3v) is 2.93. The number of nitrogens with one attached hydrogen (secondary N) is 1. The second-order valence-electron chi connectivity index (χ2n) is 4.42. The predicted octanol–water partition coefficient (Wildman–Crippen LogP) is 0.682. The lowest BCUT2D eigenvalue weighted by Gasteiger charge is -2.18. The Morgan fingerprint density at radius 3 is 2.41 bits per heavy atom. The van der Waals surface area contributed by atoms with E-state index in [4.69, 9.17) is 10.8 Å².